The minimum atomic E-state index is -0.0563. The van der Waals surface area contributed by atoms with E-state index in [9.17, 15) is 4.79 Å². The van der Waals surface area contributed by atoms with E-state index < -0.39 is 0 Å². The van der Waals surface area contributed by atoms with Gasteiger partial charge in [0.25, 0.3) is 5.91 Å². The van der Waals surface area contributed by atoms with Crippen LogP contribution in [0.5, 0.6) is 0 Å². The number of carbonyl (C=O) groups excluding carboxylic acids is 1. The summed E-state index contributed by atoms with van der Waals surface area (Å²) >= 11 is 3.40. The molecule has 4 heteroatoms. The summed E-state index contributed by atoms with van der Waals surface area (Å²) < 4.78 is 5.97. The number of ether oxygens (including phenoxy) is 1. The number of benzene rings is 1. The summed E-state index contributed by atoms with van der Waals surface area (Å²) in [7, 11) is 0. The molecule has 0 aliphatic rings. The fourth-order valence-corrected chi connectivity index (χ4v) is 1.58. The van der Waals surface area contributed by atoms with Crippen molar-refractivity contribution in [2.75, 3.05) is 13.2 Å². The molecule has 3 nitrogen and oxygen atoms in total. The van der Waals surface area contributed by atoms with E-state index in [-0.39, 0.29) is 5.91 Å². The highest BCUT2D eigenvalue weighted by atomic mass is 79.9. The van der Waals surface area contributed by atoms with Crippen LogP contribution in [0.4, 0.5) is 0 Å². The third kappa shape index (κ3) is 4.61. The van der Waals surface area contributed by atoms with E-state index in [0.717, 1.165) is 16.5 Å². The maximum atomic E-state index is 11.8. The molecule has 0 unspecified atom stereocenters. The summed E-state index contributed by atoms with van der Waals surface area (Å²) in [5.41, 5.74) is 1.72. The van der Waals surface area contributed by atoms with Crippen molar-refractivity contribution < 1.29 is 9.53 Å². The lowest BCUT2D eigenvalue weighted by molar-refractivity contribution is 0.0950. The predicted molar refractivity (Wildman–Crippen MR) is 72.0 cm³/mol. The summed E-state index contributed by atoms with van der Waals surface area (Å²) in [4.78, 5) is 11.8. The third-order valence-corrected chi connectivity index (χ3v) is 3.15. The molecule has 0 saturated heterocycles. The molecule has 0 radical (unpaired) electrons. The van der Waals surface area contributed by atoms with Gasteiger partial charge in [-0.05, 0) is 37.1 Å². The second-order valence-electron chi connectivity index (χ2n) is 3.61. The number of aryl methyl sites for hydroxylation is 1. The van der Waals surface area contributed by atoms with E-state index >= 15 is 0 Å². The number of carbonyl (C=O) groups is 1. The Morgan fingerprint density at radius 3 is 3.00 bits per heavy atom. The van der Waals surface area contributed by atoms with Crippen LogP contribution in [-0.4, -0.2) is 19.1 Å². The van der Waals surface area contributed by atoms with Gasteiger partial charge in [-0.15, -0.1) is 0 Å². The van der Waals surface area contributed by atoms with Crippen LogP contribution in [0.3, 0.4) is 0 Å². The van der Waals surface area contributed by atoms with E-state index in [4.69, 9.17) is 4.74 Å². The van der Waals surface area contributed by atoms with Gasteiger partial charge in [-0.2, -0.15) is 0 Å². The first-order chi connectivity index (χ1) is 8.15. The van der Waals surface area contributed by atoms with Gasteiger partial charge in [0.05, 0.1) is 12.9 Å². The number of halogens is 1. The zero-order valence-electron chi connectivity index (χ0n) is 9.83. The molecule has 1 N–H and O–H groups in total. The van der Waals surface area contributed by atoms with Crippen molar-refractivity contribution in [2.45, 2.75) is 13.3 Å². The fourth-order valence-electron chi connectivity index (χ4n) is 1.33. The average molecular weight is 298 g/mol. The smallest absolute Gasteiger partial charge is 0.251 e. The van der Waals surface area contributed by atoms with Crippen molar-refractivity contribution in [2.24, 2.45) is 0 Å². The Bertz CT molecular complexity index is 404. The highest BCUT2D eigenvalue weighted by Crippen LogP contribution is 2.16. The summed E-state index contributed by atoms with van der Waals surface area (Å²) in [6.07, 6.45) is 2.17. The first-order valence-electron chi connectivity index (χ1n) is 5.42. The number of hydrogen-bond acceptors (Lipinski definition) is 2. The average Bonchev–Trinajstić information content (AvgIpc) is 2.32. The fraction of sp³-hybridized carbons (Fsp3) is 0.308. The molecule has 0 bridgehead atoms. The van der Waals surface area contributed by atoms with Gasteiger partial charge in [0.15, 0.2) is 0 Å². The Balaban J connectivity index is 2.41. The predicted octanol–water partition coefficient (Wildman–Crippen LogP) is 3.04. The number of nitrogens with one attached hydrogen (secondary N) is 1. The molecule has 0 aliphatic carbocycles. The number of hydrogen-bond donors (Lipinski definition) is 1. The largest absolute Gasteiger partial charge is 0.502 e. The van der Waals surface area contributed by atoms with Crippen LogP contribution in [0, 0.1) is 6.92 Å². The van der Waals surface area contributed by atoms with Gasteiger partial charge < -0.3 is 10.1 Å². The third-order valence-electron chi connectivity index (χ3n) is 2.26. The molecule has 92 valence electrons. The van der Waals surface area contributed by atoms with Gasteiger partial charge >= 0.3 is 0 Å². The monoisotopic (exact) mass is 297 g/mol. The van der Waals surface area contributed by atoms with Crippen molar-refractivity contribution in [3.05, 3.63) is 46.6 Å². The minimum absolute atomic E-state index is 0.0563. The van der Waals surface area contributed by atoms with Crippen LogP contribution < -0.4 is 5.32 Å². The molecule has 0 saturated carbocycles. The lowest BCUT2D eigenvalue weighted by atomic mass is 10.1. The van der Waals surface area contributed by atoms with Crippen molar-refractivity contribution in [1.82, 2.24) is 5.32 Å². The highest BCUT2D eigenvalue weighted by Gasteiger charge is 2.05. The maximum absolute atomic E-state index is 11.8. The molecule has 1 amide bonds. The topological polar surface area (TPSA) is 38.3 Å². The summed E-state index contributed by atoms with van der Waals surface area (Å²) in [6.45, 7) is 6.57. The van der Waals surface area contributed by atoms with Crippen molar-refractivity contribution in [3.63, 3.8) is 0 Å². The first-order valence-corrected chi connectivity index (χ1v) is 6.21. The molecular formula is C13H16BrNO2. The molecular weight excluding hydrogens is 282 g/mol. The van der Waals surface area contributed by atoms with Crippen LogP contribution in [0.25, 0.3) is 0 Å². The van der Waals surface area contributed by atoms with Gasteiger partial charge in [-0.1, -0.05) is 22.5 Å². The van der Waals surface area contributed by atoms with Crippen molar-refractivity contribution >= 4 is 21.8 Å². The van der Waals surface area contributed by atoms with E-state index in [1.54, 1.807) is 6.07 Å². The van der Waals surface area contributed by atoms with E-state index in [0.29, 0.717) is 18.7 Å². The number of amides is 1. The molecule has 1 aromatic rings. The Hall–Kier alpha value is -1.29. The Kier molecular flexibility index (Phi) is 5.77. The molecule has 0 atom stereocenters. The first kappa shape index (κ1) is 13.8. The van der Waals surface area contributed by atoms with E-state index in [1.807, 2.05) is 19.1 Å². The highest BCUT2D eigenvalue weighted by molar-refractivity contribution is 9.10. The van der Waals surface area contributed by atoms with E-state index in [2.05, 4.69) is 27.8 Å². The molecule has 0 aromatic heterocycles. The maximum Gasteiger partial charge on any atom is 0.251 e. The molecule has 1 rings (SSSR count). The molecule has 0 fully saturated rings. The molecule has 0 aliphatic heterocycles. The Morgan fingerprint density at radius 2 is 2.35 bits per heavy atom. The standard InChI is InChI=1S/C13H16BrNO2/c1-3-17-8-4-7-15-13(16)11-5-6-12(14)10(2)9-11/h3,5-6,9H,1,4,7-8H2,2H3,(H,15,16). The number of rotatable bonds is 6. The lowest BCUT2D eigenvalue weighted by Crippen LogP contribution is -2.25. The van der Waals surface area contributed by atoms with E-state index in [1.165, 1.54) is 6.26 Å². The molecule has 17 heavy (non-hydrogen) atoms. The minimum Gasteiger partial charge on any atom is -0.502 e. The molecule has 0 heterocycles. The Morgan fingerprint density at radius 1 is 1.59 bits per heavy atom. The second-order valence-corrected chi connectivity index (χ2v) is 4.47. The lowest BCUT2D eigenvalue weighted by Gasteiger charge is -2.06. The van der Waals surface area contributed by atoms with Gasteiger partial charge in [0.2, 0.25) is 0 Å². The van der Waals surface area contributed by atoms with Crippen molar-refractivity contribution in [1.29, 1.82) is 0 Å². The van der Waals surface area contributed by atoms with Gasteiger partial charge in [0.1, 0.15) is 0 Å². The van der Waals surface area contributed by atoms with Crippen LogP contribution in [0.1, 0.15) is 22.3 Å². The summed E-state index contributed by atoms with van der Waals surface area (Å²) in [6, 6.07) is 5.54. The van der Waals surface area contributed by atoms with Crippen LogP contribution in [0.15, 0.2) is 35.5 Å². The van der Waals surface area contributed by atoms with Crippen molar-refractivity contribution in [3.8, 4) is 0 Å². The normalized spacial score (nSPS) is 9.76. The summed E-state index contributed by atoms with van der Waals surface area (Å²) in [5, 5.41) is 2.84. The van der Waals surface area contributed by atoms with Crippen LogP contribution in [0.2, 0.25) is 0 Å². The molecule has 1 aromatic carbocycles. The van der Waals surface area contributed by atoms with Gasteiger partial charge in [-0.3, -0.25) is 4.79 Å². The van der Waals surface area contributed by atoms with Gasteiger partial charge in [0, 0.05) is 16.6 Å². The van der Waals surface area contributed by atoms with Crippen LogP contribution >= 0.6 is 15.9 Å². The van der Waals surface area contributed by atoms with Gasteiger partial charge in [-0.25, -0.2) is 0 Å². The quantitative estimate of drug-likeness (QED) is 0.647. The zero-order chi connectivity index (χ0) is 12.7. The summed E-state index contributed by atoms with van der Waals surface area (Å²) in [5.74, 6) is -0.0563. The Labute approximate surface area is 110 Å². The SMILES string of the molecule is C=COCCCNC(=O)c1ccc(Br)c(C)c1. The zero-order valence-corrected chi connectivity index (χ0v) is 11.4. The molecule has 0 spiro atoms. The second kappa shape index (κ2) is 7.12. The van der Waals surface area contributed by atoms with Crippen LogP contribution in [-0.2, 0) is 4.74 Å².